The van der Waals surface area contributed by atoms with E-state index in [-0.39, 0.29) is 12.2 Å². The molecule has 0 heterocycles. The highest BCUT2D eigenvalue weighted by atomic mass is 16.5. The van der Waals surface area contributed by atoms with Crippen molar-refractivity contribution in [1.29, 1.82) is 0 Å². The maximum atomic E-state index is 9.36. The third-order valence-corrected chi connectivity index (χ3v) is 2.91. The normalized spacial score (nSPS) is 30.2. The molecule has 1 rings (SSSR count). The molecule has 1 fully saturated rings. The first-order valence-electron chi connectivity index (χ1n) is 5.58. The Labute approximate surface area is 86.4 Å². The average Bonchev–Trinajstić information content (AvgIpc) is 2.26. The zero-order chi connectivity index (χ0) is 10.4. The highest BCUT2D eigenvalue weighted by Gasteiger charge is 2.22. The Balaban J connectivity index is 2.17. The number of aliphatic hydroxyl groups is 1. The summed E-state index contributed by atoms with van der Waals surface area (Å²) in [7, 11) is 1.76. The number of hydrogen-bond donors (Lipinski definition) is 1. The van der Waals surface area contributed by atoms with Crippen LogP contribution in [0.5, 0.6) is 0 Å². The van der Waals surface area contributed by atoms with Crippen LogP contribution in [0.2, 0.25) is 0 Å². The molecular weight excluding hydrogens is 180 g/mol. The number of methoxy groups -OCH3 is 1. The van der Waals surface area contributed by atoms with Crippen molar-refractivity contribution in [3.05, 3.63) is 0 Å². The van der Waals surface area contributed by atoms with Crippen molar-refractivity contribution in [1.82, 2.24) is 0 Å². The minimum absolute atomic E-state index is 0.287. The minimum atomic E-state index is -0.307. The SMILES string of the molecule is CCC(O)COC1CCCC(OC)C1. The van der Waals surface area contributed by atoms with E-state index in [1.807, 2.05) is 6.92 Å². The lowest BCUT2D eigenvalue weighted by Gasteiger charge is -2.28. The first-order chi connectivity index (χ1) is 6.76. The van der Waals surface area contributed by atoms with Gasteiger partial charge in [0, 0.05) is 7.11 Å². The third-order valence-electron chi connectivity index (χ3n) is 2.91. The van der Waals surface area contributed by atoms with Crippen LogP contribution in [0.4, 0.5) is 0 Å². The van der Waals surface area contributed by atoms with Crippen LogP contribution in [-0.2, 0) is 9.47 Å². The number of ether oxygens (including phenoxy) is 2. The van der Waals surface area contributed by atoms with Crippen LogP contribution in [0, 0.1) is 0 Å². The fourth-order valence-electron chi connectivity index (χ4n) is 1.83. The quantitative estimate of drug-likeness (QED) is 0.738. The largest absolute Gasteiger partial charge is 0.391 e. The topological polar surface area (TPSA) is 38.7 Å². The summed E-state index contributed by atoms with van der Waals surface area (Å²) < 4.78 is 10.9. The fourth-order valence-corrected chi connectivity index (χ4v) is 1.83. The lowest BCUT2D eigenvalue weighted by Crippen LogP contribution is -2.29. The van der Waals surface area contributed by atoms with Gasteiger partial charge in [0.05, 0.1) is 24.9 Å². The lowest BCUT2D eigenvalue weighted by atomic mass is 9.95. The Kier molecular flexibility index (Phi) is 5.45. The molecule has 3 atom stereocenters. The van der Waals surface area contributed by atoms with E-state index < -0.39 is 0 Å². The number of hydrogen-bond acceptors (Lipinski definition) is 3. The Morgan fingerprint density at radius 1 is 1.36 bits per heavy atom. The van der Waals surface area contributed by atoms with E-state index in [9.17, 15) is 5.11 Å². The van der Waals surface area contributed by atoms with E-state index >= 15 is 0 Å². The van der Waals surface area contributed by atoms with Crippen molar-refractivity contribution in [2.24, 2.45) is 0 Å². The average molecular weight is 202 g/mol. The second-order valence-electron chi connectivity index (χ2n) is 4.04. The highest BCUT2D eigenvalue weighted by Crippen LogP contribution is 2.23. The van der Waals surface area contributed by atoms with E-state index in [2.05, 4.69) is 0 Å². The van der Waals surface area contributed by atoms with Gasteiger partial charge in [0.15, 0.2) is 0 Å². The van der Waals surface area contributed by atoms with Gasteiger partial charge in [-0.15, -0.1) is 0 Å². The molecule has 3 unspecified atom stereocenters. The summed E-state index contributed by atoms with van der Waals surface area (Å²) in [4.78, 5) is 0. The predicted molar refractivity (Wildman–Crippen MR) is 55.3 cm³/mol. The summed E-state index contributed by atoms with van der Waals surface area (Å²) >= 11 is 0. The van der Waals surface area contributed by atoms with Gasteiger partial charge >= 0.3 is 0 Å². The zero-order valence-corrected chi connectivity index (χ0v) is 9.24. The van der Waals surface area contributed by atoms with E-state index in [0.717, 1.165) is 25.7 Å². The molecule has 0 aromatic heterocycles. The van der Waals surface area contributed by atoms with Gasteiger partial charge in [0.1, 0.15) is 0 Å². The first-order valence-corrected chi connectivity index (χ1v) is 5.58. The second-order valence-corrected chi connectivity index (χ2v) is 4.04. The van der Waals surface area contributed by atoms with Gasteiger partial charge in [0.2, 0.25) is 0 Å². The molecule has 3 heteroatoms. The van der Waals surface area contributed by atoms with Gasteiger partial charge in [-0.25, -0.2) is 0 Å². The minimum Gasteiger partial charge on any atom is -0.391 e. The second kappa shape index (κ2) is 6.38. The van der Waals surface area contributed by atoms with Gasteiger partial charge in [-0.3, -0.25) is 0 Å². The molecule has 1 saturated carbocycles. The summed E-state index contributed by atoms with van der Waals surface area (Å²) in [5.74, 6) is 0. The van der Waals surface area contributed by atoms with Crippen molar-refractivity contribution in [2.75, 3.05) is 13.7 Å². The zero-order valence-electron chi connectivity index (χ0n) is 9.24. The van der Waals surface area contributed by atoms with Crippen LogP contribution in [-0.4, -0.2) is 37.1 Å². The molecule has 0 aromatic carbocycles. The summed E-state index contributed by atoms with van der Waals surface area (Å²) in [5.41, 5.74) is 0. The molecule has 0 radical (unpaired) electrons. The van der Waals surface area contributed by atoms with Crippen molar-refractivity contribution in [3.63, 3.8) is 0 Å². The Bertz CT molecular complexity index is 149. The van der Waals surface area contributed by atoms with Crippen LogP contribution in [0.1, 0.15) is 39.0 Å². The standard InChI is InChI=1S/C11H22O3/c1-3-9(12)8-14-11-6-4-5-10(7-11)13-2/h9-12H,3-8H2,1-2H3. The summed E-state index contributed by atoms with van der Waals surface area (Å²) in [6, 6.07) is 0. The number of aliphatic hydroxyl groups excluding tert-OH is 1. The molecule has 1 aliphatic carbocycles. The van der Waals surface area contributed by atoms with E-state index in [1.165, 1.54) is 6.42 Å². The molecule has 0 aromatic rings. The van der Waals surface area contributed by atoms with Crippen molar-refractivity contribution in [2.45, 2.75) is 57.3 Å². The predicted octanol–water partition coefficient (Wildman–Crippen LogP) is 1.73. The van der Waals surface area contributed by atoms with Crippen LogP contribution in [0.15, 0.2) is 0 Å². The Morgan fingerprint density at radius 3 is 2.71 bits per heavy atom. The third kappa shape index (κ3) is 3.95. The van der Waals surface area contributed by atoms with Crippen LogP contribution in [0.25, 0.3) is 0 Å². The van der Waals surface area contributed by atoms with Crippen molar-refractivity contribution in [3.8, 4) is 0 Å². The maximum Gasteiger partial charge on any atom is 0.0771 e. The monoisotopic (exact) mass is 202 g/mol. The van der Waals surface area contributed by atoms with Gasteiger partial charge < -0.3 is 14.6 Å². The number of rotatable bonds is 5. The Hall–Kier alpha value is -0.120. The molecule has 84 valence electrons. The molecular formula is C11H22O3. The van der Waals surface area contributed by atoms with Gasteiger partial charge in [0.25, 0.3) is 0 Å². The van der Waals surface area contributed by atoms with Crippen molar-refractivity contribution < 1.29 is 14.6 Å². The van der Waals surface area contributed by atoms with Crippen LogP contribution in [0.3, 0.4) is 0 Å². The molecule has 0 amide bonds. The van der Waals surface area contributed by atoms with E-state index in [4.69, 9.17) is 9.47 Å². The molecule has 0 spiro atoms. The molecule has 1 aliphatic rings. The molecule has 0 saturated heterocycles. The van der Waals surface area contributed by atoms with Gasteiger partial charge in [-0.2, -0.15) is 0 Å². The van der Waals surface area contributed by atoms with Crippen LogP contribution < -0.4 is 0 Å². The molecule has 0 bridgehead atoms. The highest BCUT2D eigenvalue weighted by molar-refractivity contribution is 4.73. The first kappa shape index (κ1) is 12.0. The van der Waals surface area contributed by atoms with Crippen molar-refractivity contribution >= 4 is 0 Å². The van der Waals surface area contributed by atoms with Gasteiger partial charge in [-0.1, -0.05) is 6.92 Å². The molecule has 14 heavy (non-hydrogen) atoms. The summed E-state index contributed by atoms with van der Waals surface area (Å²) in [6.07, 6.45) is 5.50. The molecule has 0 aliphatic heterocycles. The lowest BCUT2D eigenvalue weighted by molar-refractivity contribution is -0.0566. The summed E-state index contributed by atoms with van der Waals surface area (Å²) in [6.45, 7) is 2.43. The van der Waals surface area contributed by atoms with E-state index in [0.29, 0.717) is 12.7 Å². The van der Waals surface area contributed by atoms with Gasteiger partial charge in [-0.05, 0) is 32.1 Å². The Morgan fingerprint density at radius 2 is 2.07 bits per heavy atom. The fraction of sp³-hybridized carbons (Fsp3) is 1.00. The molecule has 1 N–H and O–H groups in total. The summed E-state index contributed by atoms with van der Waals surface area (Å²) in [5, 5.41) is 9.36. The smallest absolute Gasteiger partial charge is 0.0771 e. The maximum absolute atomic E-state index is 9.36. The molecule has 3 nitrogen and oxygen atoms in total. The van der Waals surface area contributed by atoms with Crippen LogP contribution >= 0.6 is 0 Å². The van der Waals surface area contributed by atoms with E-state index in [1.54, 1.807) is 7.11 Å².